The van der Waals surface area contributed by atoms with Crippen LogP contribution in [0.1, 0.15) is 10.4 Å². The molecule has 0 spiro atoms. The predicted octanol–water partition coefficient (Wildman–Crippen LogP) is 0.954. The Bertz CT molecular complexity index is 277. The predicted molar refractivity (Wildman–Crippen MR) is 38.4 cm³/mol. The van der Waals surface area contributed by atoms with Crippen LogP contribution in [0.5, 0.6) is 0 Å². The summed E-state index contributed by atoms with van der Waals surface area (Å²) < 4.78 is 0. The monoisotopic (exact) mass is 150 g/mol. The van der Waals surface area contributed by atoms with Crippen LogP contribution in [-0.4, -0.2) is 16.9 Å². The van der Waals surface area contributed by atoms with E-state index in [2.05, 4.69) is 0 Å². The van der Waals surface area contributed by atoms with Gasteiger partial charge in [0.2, 0.25) is 4.79 Å². The van der Waals surface area contributed by atoms with E-state index in [9.17, 15) is 9.59 Å². The maximum Gasteiger partial charge on any atom is 0.581 e. The maximum absolute atomic E-state index is 10.7. The SMILES string of the molecule is O=C(O)C(=[O+])c1ccccc1. The van der Waals surface area contributed by atoms with E-state index in [1.165, 1.54) is 12.1 Å². The molecule has 0 heterocycles. The summed E-state index contributed by atoms with van der Waals surface area (Å²) in [5.41, 5.74) is 0.208. The molecule has 0 fully saturated rings. The van der Waals surface area contributed by atoms with Crippen LogP contribution in [0, 0.1) is 0 Å². The van der Waals surface area contributed by atoms with Crippen LogP contribution in [0.2, 0.25) is 0 Å². The molecule has 0 saturated carbocycles. The first-order chi connectivity index (χ1) is 5.22. The standard InChI is InChI=1S/C8H6O3/c9-7(8(10)11)6-4-2-1-3-5-6/h1-5H,(H,10,11)/q+1. The van der Waals surface area contributed by atoms with E-state index < -0.39 is 11.8 Å². The third-order valence-corrected chi connectivity index (χ3v) is 1.23. The molecule has 0 aliphatic rings. The third-order valence-electron chi connectivity index (χ3n) is 1.23. The molecular formula is C8H6O3+. The van der Waals surface area contributed by atoms with Crippen molar-refractivity contribution in [2.75, 3.05) is 0 Å². The van der Waals surface area contributed by atoms with Gasteiger partial charge in [0.15, 0.2) is 0 Å². The number of ketones is 1. The normalized spacial score (nSPS) is 9.09. The van der Waals surface area contributed by atoms with Crippen molar-refractivity contribution in [3.8, 4) is 0 Å². The minimum atomic E-state index is -1.42. The summed E-state index contributed by atoms with van der Waals surface area (Å²) in [6.07, 6.45) is 0. The van der Waals surface area contributed by atoms with Crippen LogP contribution >= 0.6 is 0 Å². The highest BCUT2D eigenvalue weighted by molar-refractivity contribution is 6.39. The molecule has 1 rings (SSSR count). The van der Waals surface area contributed by atoms with Crippen molar-refractivity contribution < 1.29 is 14.7 Å². The zero-order valence-electron chi connectivity index (χ0n) is 5.65. The van der Waals surface area contributed by atoms with Gasteiger partial charge in [-0.2, -0.15) is 0 Å². The molecule has 55 valence electrons. The zero-order chi connectivity index (χ0) is 8.27. The van der Waals surface area contributed by atoms with Crippen LogP contribution in [0.15, 0.2) is 30.3 Å². The van der Waals surface area contributed by atoms with Gasteiger partial charge in [-0.05, 0) is 12.1 Å². The molecule has 11 heavy (non-hydrogen) atoms. The Labute approximate surface area is 63.3 Å². The molecule has 1 aromatic rings. The molecule has 0 aromatic heterocycles. The fourth-order valence-corrected chi connectivity index (χ4v) is 0.713. The van der Waals surface area contributed by atoms with E-state index in [1.54, 1.807) is 18.2 Å². The third kappa shape index (κ3) is 1.64. The van der Waals surface area contributed by atoms with Crippen molar-refractivity contribution in [3.63, 3.8) is 0 Å². The van der Waals surface area contributed by atoms with Crippen LogP contribution in [0.3, 0.4) is 0 Å². The molecule has 0 atom stereocenters. The van der Waals surface area contributed by atoms with E-state index in [0.29, 0.717) is 0 Å². The minimum Gasteiger partial charge on any atom is -0.471 e. The smallest absolute Gasteiger partial charge is 0.471 e. The van der Waals surface area contributed by atoms with E-state index in [1.807, 2.05) is 0 Å². The lowest BCUT2D eigenvalue weighted by molar-refractivity contribution is -0.131. The highest BCUT2D eigenvalue weighted by atomic mass is 16.4. The van der Waals surface area contributed by atoms with Crippen molar-refractivity contribution in [2.24, 2.45) is 0 Å². The first kappa shape index (κ1) is 7.47. The van der Waals surface area contributed by atoms with Crippen molar-refractivity contribution >= 4 is 11.8 Å². The number of hydrogen-bond acceptors (Lipinski definition) is 2. The van der Waals surface area contributed by atoms with E-state index >= 15 is 0 Å². The molecule has 3 heteroatoms. The Morgan fingerprint density at radius 2 is 1.82 bits per heavy atom. The van der Waals surface area contributed by atoms with E-state index in [-0.39, 0.29) is 5.56 Å². The molecular weight excluding hydrogens is 144 g/mol. The second-order valence-electron chi connectivity index (χ2n) is 2.00. The van der Waals surface area contributed by atoms with Gasteiger partial charge in [0.05, 0.1) is 0 Å². The lowest BCUT2D eigenvalue weighted by Gasteiger charge is -1.83. The summed E-state index contributed by atoms with van der Waals surface area (Å²) in [6.45, 7) is 0. The number of benzene rings is 1. The topological polar surface area (TPSA) is 57.2 Å². The highest BCUT2D eigenvalue weighted by Crippen LogP contribution is 1.98. The largest absolute Gasteiger partial charge is 0.581 e. The second-order valence-corrected chi connectivity index (χ2v) is 2.00. The van der Waals surface area contributed by atoms with Crippen molar-refractivity contribution in [3.05, 3.63) is 35.9 Å². The van der Waals surface area contributed by atoms with Gasteiger partial charge < -0.3 is 5.11 Å². The van der Waals surface area contributed by atoms with E-state index in [0.717, 1.165) is 0 Å². The molecule has 0 amide bonds. The Hall–Kier alpha value is -1.64. The molecule has 0 saturated heterocycles. The lowest BCUT2D eigenvalue weighted by Crippen LogP contribution is -2.12. The van der Waals surface area contributed by atoms with Crippen molar-refractivity contribution in [1.82, 2.24) is 0 Å². The van der Waals surface area contributed by atoms with Gasteiger partial charge in [0.1, 0.15) is 5.56 Å². The minimum absolute atomic E-state index is 0.208. The van der Waals surface area contributed by atoms with Crippen LogP contribution in [-0.2, 0) is 4.79 Å². The average Bonchev–Trinajstić information content (AvgIpc) is 2.05. The number of Topliss-reactive ketones (excluding diaryl/α,β-unsaturated/α-hetero) is 1. The van der Waals surface area contributed by atoms with Crippen LogP contribution < -0.4 is 0 Å². The second kappa shape index (κ2) is 2.96. The zero-order valence-corrected chi connectivity index (χ0v) is 5.65. The number of carboxylic acids is 1. The Balaban J connectivity index is 2.95. The van der Waals surface area contributed by atoms with Gasteiger partial charge in [-0.15, -0.1) is 0 Å². The molecule has 0 aliphatic carbocycles. The summed E-state index contributed by atoms with van der Waals surface area (Å²) in [5.74, 6) is -2.29. The molecule has 1 N–H and O–H groups in total. The van der Waals surface area contributed by atoms with Crippen LogP contribution in [0.25, 0.3) is 0 Å². The first-order valence-corrected chi connectivity index (χ1v) is 3.04. The van der Waals surface area contributed by atoms with Gasteiger partial charge in [-0.25, -0.2) is 4.79 Å². The Kier molecular flexibility index (Phi) is 2.01. The highest BCUT2D eigenvalue weighted by Gasteiger charge is 2.29. The summed E-state index contributed by atoms with van der Waals surface area (Å²) in [7, 11) is 0. The number of rotatable bonds is 2. The Morgan fingerprint density at radius 3 is 2.27 bits per heavy atom. The number of aliphatic carboxylic acids is 1. The molecule has 0 unspecified atom stereocenters. The average molecular weight is 150 g/mol. The number of hydrogen-bond donors (Lipinski definition) is 1. The summed E-state index contributed by atoms with van der Waals surface area (Å²) >= 11 is 0. The number of carbonyl (C=O) groups excluding carboxylic acids is 1. The first-order valence-electron chi connectivity index (χ1n) is 3.04. The lowest BCUT2D eigenvalue weighted by atomic mass is 10.1. The van der Waals surface area contributed by atoms with Gasteiger partial charge in [0.25, 0.3) is 0 Å². The number of carboxylic acid groups (broad SMARTS) is 1. The van der Waals surface area contributed by atoms with Crippen LogP contribution in [0.4, 0.5) is 0 Å². The fraction of sp³-hybridized carbons (Fsp3) is 0. The van der Waals surface area contributed by atoms with Crippen molar-refractivity contribution in [2.45, 2.75) is 0 Å². The molecule has 1 radical (unpaired) electrons. The fourth-order valence-electron chi connectivity index (χ4n) is 0.713. The molecule has 0 bridgehead atoms. The molecule has 1 aromatic carbocycles. The van der Waals surface area contributed by atoms with Gasteiger partial charge in [0, 0.05) is 0 Å². The van der Waals surface area contributed by atoms with Gasteiger partial charge in [-0.3, -0.25) is 0 Å². The Morgan fingerprint density at radius 1 is 1.27 bits per heavy atom. The summed E-state index contributed by atoms with van der Waals surface area (Å²) in [5, 5.41) is 8.29. The quantitative estimate of drug-likeness (QED) is 0.388. The van der Waals surface area contributed by atoms with Gasteiger partial charge in [-0.1, -0.05) is 18.2 Å². The summed E-state index contributed by atoms with van der Waals surface area (Å²) in [6, 6.07) is 7.90. The maximum atomic E-state index is 10.7. The molecule has 3 nitrogen and oxygen atoms in total. The van der Waals surface area contributed by atoms with Gasteiger partial charge >= 0.3 is 11.8 Å². The van der Waals surface area contributed by atoms with E-state index in [4.69, 9.17) is 5.11 Å². The summed E-state index contributed by atoms with van der Waals surface area (Å²) in [4.78, 5) is 20.9. The molecule has 0 aliphatic heterocycles. The number of carbonyl (C=O) groups is 2. The van der Waals surface area contributed by atoms with Crippen molar-refractivity contribution in [1.29, 1.82) is 0 Å².